The first-order valence-corrected chi connectivity index (χ1v) is 8.61. The Labute approximate surface area is 146 Å². The van der Waals surface area contributed by atoms with Crippen molar-refractivity contribution in [1.29, 1.82) is 0 Å². The Morgan fingerprint density at radius 1 is 0.917 bits per heavy atom. The van der Waals surface area contributed by atoms with Gasteiger partial charge in [-0.3, -0.25) is 4.79 Å². The van der Waals surface area contributed by atoms with Crippen molar-refractivity contribution in [1.82, 2.24) is 5.32 Å². The topological polar surface area (TPSA) is 75.2 Å². The maximum Gasteiger partial charge on any atom is 0.220 e. The Bertz CT molecular complexity index is 288. The first-order chi connectivity index (χ1) is 11.6. The van der Waals surface area contributed by atoms with E-state index in [0.717, 1.165) is 6.42 Å². The third-order valence-corrected chi connectivity index (χ3v) is 3.20. The molecule has 0 heterocycles. The van der Waals surface area contributed by atoms with Crippen molar-refractivity contribution in [3.63, 3.8) is 0 Å². The molecule has 0 radical (unpaired) electrons. The Morgan fingerprint density at radius 3 is 2.17 bits per heavy atom. The molecule has 0 spiro atoms. The van der Waals surface area contributed by atoms with Crippen LogP contribution in [0.3, 0.4) is 0 Å². The maximum atomic E-state index is 11.6. The van der Waals surface area contributed by atoms with Gasteiger partial charge in [-0.05, 0) is 12.3 Å². The molecule has 1 N–H and O–H groups in total. The van der Waals surface area contributed by atoms with Crippen LogP contribution in [0.1, 0.15) is 26.7 Å². The lowest BCUT2D eigenvalue weighted by Crippen LogP contribution is -2.31. The molecule has 1 unspecified atom stereocenters. The first kappa shape index (κ1) is 23.3. The van der Waals surface area contributed by atoms with Gasteiger partial charge in [0.25, 0.3) is 0 Å². The second-order valence-corrected chi connectivity index (χ2v) is 5.91. The highest BCUT2D eigenvalue weighted by molar-refractivity contribution is 5.75. The number of hydrogen-bond acceptors (Lipinski definition) is 6. The summed E-state index contributed by atoms with van der Waals surface area (Å²) in [7, 11) is 3.26. The molecule has 0 aliphatic carbocycles. The van der Waals surface area contributed by atoms with Gasteiger partial charge in [-0.25, -0.2) is 0 Å². The average molecular weight is 349 g/mol. The standard InChI is InChI=1S/C17H35NO6/c1-15(2)5-6-17(19)18-7-8-22-13-16(24-12-10-21-4)14-23-11-9-20-3/h15-16H,5-14H2,1-4H3,(H,18,19). The van der Waals surface area contributed by atoms with Gasteiger partial charge in [-0.1, -0.05) is 13.8 Å². The molecule has 0 aliphatic rings. The number of nitrogens with one attached hydrogen (secondary N) is 1. The molecule has 1 amide bonds. The zero-order valence-electron chi connectivity index (χ0n) is 15.7. The number of methoxy groups -OCH3 is 2. The minimum absolute atomic E-state index is 0.0723. The van der Waals surface area contributed by atoms with E-state index < -0.39 is 0 Å². The van der Waals surface area contributed by atoms with Crippen molar-refractivity contribution in [2.24, 2.45) is 5.92 Å². The minimum atomic E-state index is -0.159. The molecular weight excluding hydrogens is 314 g/mol. The van der Waals surface area contributed by atoms with Crippen molar-refractivity contribution in [2.75, 3.05) is 67.0 Å². The van der Waals surface area contributed by atoms with E-state index in [1.165, 1.54) is 0 Å². The fraction of sp³-hybridized carbons (Fsp3) is 0.941. The molecule has 0 rings (SSSR count). The average Bonchev–Trinajstić information content (AvgIpc) is 2.56. The van der Waals surface area contributed by atoms with E-state index in [1.54, 1.807) is 14.2 Å². The van der Waals surface area contributed by atoms with E-state index >= 15 is 0 Å². The van der Waals surface area contributed by atoms with E-state index in [2.05, 4.69) is 19.2 Å². The van der Waals surface area contributed by atoms with Gasteiger partial charge in [0.1, 0.15) is 6.10 Å². The molecule has 0 saturated heterocycles. The van der Waals surface area contributed by atoms with E-state index in [1.807, 2.05) is 0 Å². The van der Waals surface area contributed by atoms with Crippen molar-refractivity contribution in [2.45, 2.75) is 32.8 Å². The van der Waals surface area contributed by atoms with Crippen molar-refractivity contribution in [3.05, 3.63) is 0 Å². The van der Waals surface area contributed by atoms with Crippen LogP contribution in [0.25, 0.3) is 0 Å². The van der Waals surface area contributed by atoms with Crippen LogP contribution in [-0.4, -0.2) is 79.0 Å². The van der Waals surface area contributed by atoms with E-state index in [4.69, 9.17) is 23.7 Å². The monoisotopic (exact) mass is 349 g/mol. The second kappa shape index (κ2) is 17.1. The fourth-order valence-corrected chi connectivity index (χ4v) is 1.79. The minimum Gasteiger partial charge on any atom is -0.382 e. The summed E-state index contributed by atoms with van der Waals surface area (Å²) >= 11 is 0. The van der Waals surface area contributed by atoms with Crippen LogP contribution >= 0.6 is 0 Å². The lowest BCUT2D eigenvalue weighted by atomic mass is 10.1. The summed E-state index contributed by atoms with van der Waals surface area (Å²) in [6, 6.07) is 0. The van der Waals surface area contributed by atoms with Crippen LogP contribution in [0.4, 0.5) is 0 Å². The first-order valence-electron chi connectivity index (χ1n) is 8.61. The highest BCUT2D eigenvalue weighted by atomic mass is 16.6. The molecular formula is C17H35NO6. The third-order valence-electron chi connectivity index (χ3n) is 3.20. The molecule has 0 bridgehead atoms. The summed E-state index contributed by atoms with van der Waals surface area (Å²) < 4.78 is 26.6. The van der Waals surface area contributed by atoms with Crippen LogP contribution in [0.2, 0.25) is 0 Å². The number of ether oxygens (including phenoxy) is 5. The lowest BCUT2D eigenvalue weighted by molar-refractivity contribution is -0.121. The van der Waals surface area contributed by atoms with Gasteiger partial charge in [-0.2, -0.15) is 0 Å². The highest BCUT2D eigenvalue weighted by Gasteiger charge is 2.10. The fourth-order valence-electron chi connectivity index (χ4n) is 1.79. The van der Waals surface area contributed by atoms with Crippen LogP contribution in [-0.2, 0) is 28.5 Å². The number of carbonyl (C=O) groups is 1. The predicted molar refractivity (Wildman–Crippen MR) is 92.2 cm³/mol. The van der Waals surface area contributed by atoms with Crippen LogP contribution in [0.15, 0.2) is 0 Å². The van der Waals surface area contributed by atoms with Crippen LogP contribution in [0.5, 0.6) is 0 Å². The summed E-state index contributed by atoms with van der Waals surface area (Å²) in [5.74, 6) is 0.609. The molecule has 0 aromatic heterocycles. The molecule has 0 fully saturated rings. The number of rotatable bonds is 17. The largest absolute Gasteiger partial charge is 0.382 e. The molecule has 7 nitrogen and oxygen atoms in total. The van der Waals surface area contributed by atoms with Gasteiger partial charge in [0.05, 0.1) is 46.2 Å². The Morgan fingerprint density at radius 2 is 1.54 bits per heavy atom. The highest BCUT2D eigenvalue weighted by Crippen LogP contribution is 2.02. The molecule has 0 aromatic rings. The Hall–Kier alpha value is -0.730. The molecule has 1 atom stereocenters. The second-order valence-electron chi connectivity index (χ2n) is 5.91. The number of carbonyl (C=O) groups excluding carboxylic acids is 1. The maximum absolute atomic E-state index is 11.6. The number of amides is 1. The lowest BCUT2D eigenvalue weighted by Gasteiger charge is -2.18. The Balaban J connectivity index is 3.76. The van der Waals surface area contributed by atoms with Crippen LogP contribution in [0, 0.1) is 5.92 Å². The van der Waals surface area contributed by atoms with E-state index in [0.29, 0.717) is 65.1 Å². The van der Waals surface area contributed by atoms with Gasteiger partial charge in [0.2, 0.25) is 5.91 Å². The molecule has 0 saturated carbocycles. The van der Waals surface area contributed by atoms with Gasteiger partial charge in [0.15, 0.2) is 0 Å². The van der Waals surface area contributed by atoms with E-state index in [9.17, 15) is 4.79 Å². The third kappa shape index (κ3) is 16.1. The smallest absolute Gasteiger partial charge is 0.220 e. The van der Waals surface area contributed by atoms with Gasteiger partial charge in [0, 0.05) is 27.2 Å². The van der Waals surface area contributed by atoms with Crippen LogP contribution < -0.4 is 5.32 Å². The summed E-state index contributed by atoms with van der Waals surface area (Å²) in [5.41, 5.74) is 0. The SMILES string of the molecule is COCCOCC(COCCNC(=O)CCC(C)C)OCCOC. The van der Waals surface area contributed by atoms with Gasteiger partial charge in [-0.15, -0.1) is 0 Å². The van der Waals surface area contributed by atoms with Gasteiger partial charge >= 0.3 is 0 Å². The van der Waals surface area contributed by atoms with Crippen molar-refractivity contribution < 1.29 is 28.5 Å². The molecule has 24 heavy (non-hydrogen) atoms. The normalized spacial score (nSPS) is 12.5. The molecule has 0 aromatic carbocycles. The quantitative estimate of drug-likeness (QED) is 0.398. The van der Waals surface area contributed by atoms with Crippen molar-refractivity contribution >= 4 is 5.91 Å². The zero-order chi connectivity index (χ0) is 18.0. The predicted octanol–water partition coefficient (Wildman–Crippen LogP) is 1.25. The van der Waals surface area contributed by atoms with E-state index in [-0.39, 0.29) is 12.0 Å². The summed E-state index contributed by atoms with van der Waals surface area (Å²) in [6.45, 7) is 8.11. The summed E-state index contributed by atoms with van der Waals surface area (Å²) in [6.07, 6.45) is 1.31. The summed E-state index contributed by atoms with van der Waals surface area (Å²) in [4.78, 5) is 11.6. The Kier molecular flexibility index (Phi) is 16.6. The number of hydrogen-bond donors (Lipinski definition) is 1. The van der Waals surface area contributed by atoms with Gasteiger partial charge < -0.3 is 29.0 Å². The molecule has 144 valence electrons. The molecule has 0 aliphatic heterocycles. The zero-order valence-corrected chi connectivity index (χ0v) is 15.7. The summed E-state index contributed by atoms with van der Waals surface area (Å²) in [5, 5.41) is 2.85. The van der Waals surface area contributed by atoms with Crippen molar-refractivity contribution in [3.8, 4) is 0 Å². The molecule has 7 heteroatoms.